The number of carbonyl (C=O) groups is 1. The average molecular weight is 404 g/mol. The Balaban J connectivity index is 1.98. The van der Waals surface area contributed by atoms with Crippen LogP contribution in [0.1, 0.15) is 36.5 Å². The Morgan fingerprint density at radius 3 is 2.71 bits per heavy atom. The number of ether oxygens (including phenoxy) is 1. The molecule has 3 rings (SSSR count). The number of fused-ring (bicyclic) bond motifs is 1. The van der Waals surface area contributed by atoms with Gasteiger partial charge in [-0.3, -0.25) is 4.79 Å². The second-order valence-electron chi connectivity index (χ2n) is 6.48. The number of imidazole rings is 1. The number of methoxy groups -OCH3 is 1. The van der Waals surface area contributed by atoms with Crippen LogP contribution >= 0.6 is 11.6 Å². The third-order valence-corrected chi connectivity index (χ3v) is 4.86. The van der Waals surface area contributed by atoms with Crippen LogP contribution in [0.15, 0.2) is 36.4 Å². The summed E-state index contributed by atoms with van der Waals surface area (Å²) in [4.78, 5) is 19.5. The third kappa shape index (κ3) is 3.97. The molecule has 0 unspecified atom stereocenters. The molecule has 7 heteroatoms. The molecule has 0 fully saturated rings. The Hall–Kier alpha value is -2.60. The van der Waals surface area contributed by atoms with E-state index in [-0.39, 0.29) is 11.7 Å². The van der Waals surface area contributed by atoms with Gasteiger partial charge in [0.2, 0.25) is 0 Å². The van der Waals surface area contributed by atoms with E-state index in [9.17, 15) is 9.18 Å². The molecule has 148 valence electrons. The predicted octanol–water partition coefficient (Wildman–Crippen LogP) is 4.91. The van der Waals surface area contributed by atoms with Gasteiger partial charge in [0.25, 0.3) is 5.91 Å². The fraction of sp³-hybridized carbons (Fsp3) is 0.333. The lowest BCUT2D eigenvalue weighted by Crippen LogP contribution is -2.32. The van der Waals surface area contributed by atoms with Crippen LogP contribution in [0.5, 0.6) is 5.75 Å². The topological polar surface area (TPSA) is 47.4 Å². The van der Waals surface area contributed by atoms with Gasteiger partial charge in [-0.15, -0.1) is 0 Å². The highest BCUT2D eigenvalue weighted by molar-refractivity contribution is 6.31. The molecule has 0 saturated heterocycles. The first-order valence-corrected chi connectivity index (χ1v) is 9.63. The van der Waals surface area contributed by atoms with Gasteiger partial charge in [-0.1, -0.05) is 18.5 Å². The minimum atomic E-state index is -0.302. The SMILES string of the molecule is CCCn1c(CN(CC)C(=O)c2cc(Cl)ccc2OC)nc2ccc(F)cc21. The van der Waals surface area contributed by atoms with E-state index in [1.807, 2.05) is 11.5 Å². The van der Waals surface area contributed by atoms with E-state index in [2.05, 4.69) is 11.9 Å². The summed E-state index contributed by atoms with van der Waals surface area (Å²) in [6.07, 6.45) is 0.872. The van der Waals surface area contributed by atoms with Gasteiger partial charge in [-0.25, -0.2) is 9.37 Å². The predicted molar refractivity (Wildman–Crippen MR) is 108 cm³/mol. The Kier molecular flexibility index (Phi) is 6.19. The van der Waals surface area contributed by atoms with Crippen LogP contribution in [0.3, 0.4) is 0 Å². The number of hydrogen-bond acceptors (Lipinski definition) is 3. The number of nitrogens with zero attached hydrogens (tertiary/aromatic N) is 3. The molecule has 0 atom stereocenters. The molecular formula is C21H23ClFN3O2. The van der Waals surface area contributed by atoms with Crippen molar-refractivity contribution < 1.29 is 13.9 Å². The summed E-state index contributed by atoms with van der Waals surface area (Å²) in [7, 11) is 1.52. The van der Waals surface area contributed by atoms with Crippen molar-refractivity contribution in [3.8, 4) is 5.75 Å². The normalized spacial score (nSPS) is 11.0. The zero-order valence-electron chi connectivity index (χ0n) is 16.2. The number of carbonyl (C=O) groups excluding carboxylic acids is 1. The molecule has 28 heavy (non-hydrogen) atoms. The smallest absolute Gasteiger partial charge is 0.258 e. The van der Waals surface area contributed by atoms with Gasteiger partial charge in [-0.2, -0.15) is 0 Å². The molecule has 0 aliphatic heterocycles. The number of amides is 1. The molecule has 0 N–H and O–H groups in total. The summed E-state index contributed by atoms with van der Waals surface area (Å²) < 4.78 is 21.0. The summed E-state index contributed by atoms with van der Waals surface area (Å²) in [5, 5.41) is 0.467. The van der Waals surface area contributed by atoms with Gasteiger partial charge in [0, 0.05) is 18.1 Å². The molecular weight excluding hydrogens is 381 g/mol. The van der Waals surface area contributed by atoms with Crippen LogP contribution in [-0.4, -0.2) is 34.0 Å². The third-order valence-electron chi connectivity index (χ3n) is 4.63. The van der Waals surface area contributed by atoms with Crippen LogP contribution in [0.2, 0.25) is 5.02 Å². The number of aryl methyl sites for hydroxylation is 1. The van der Waals surface area contributed by atoms with Crippen molar-refractivity contribution in [3.63, 3.8) is 0 Å². The standard InChI is InChI=1S/C21H23ClFN3O2/c1-4-10-26-18-12-15(23)7-8-17(18)24-20(26)13-25(5-2)21(27)16-11-14(22)6-9-19(16)28-3/h6-9,11-12H,4-5,10,13H2,1-3H3. The van der Waals surface area contributed by atoms with Gasteiger partial charge >= 0.3 is 0 Å². The largest absolute Gasteiger partial charge is 0.496 e. The average Bonchev–Trinajstić information content (AvgIpc) is 3.02. The maximum atomic E-state index is 13.7. The fourth-order valence-corrected chi connectivity index (χ4v) is 3.43. The van der Waals surface area contributed by atoms with Crippen LogP contribution in [-0.2, 0) is 13.1 Å². The number of rotatable bonds is 7. The molecule has 3 aromatic rings. The van der Waals surface area contributed by atoms with Crippen molar-refractivity contribution in [1.29, 1.82) is 0 Å². The molecule has 2 aromatic carbocycles. The molecule has 5 nitrogen and oxygen atoms in total. The summed E-state index contributed by atoms with van der Waals surface area (Å²) >= 11 is 6.08. The summed E-state index contributed by atoms with van der Waals surface area (Å²) in [6.45, 7) is 5.44. The summed E-state index contributed by atoms with van der Waals surface area (Å²) in [5.74, 6) is 0.696. The van der Waals surface area contributed by atoms with Crippen LogP contribution < -0.4 is 4.74 Å². The Labute approximate surface area is 168 Å². The summed E-state index contributed by atoms with van der Waals surface area (Å²) in [6, 6.07) is 9.52. The van der Waals surface area contributed by atoms with Gasteiger partial charge in [0.15, 0.2) is 0 Å². The Morgan fingerprint density at radius 2 is 2.04 bits per heavy atom. The maximum Gasteiger partial charge on any atom is 0.258 e. The Morgan fingerprint density at radius 1 is 1.25 bits per heavy atom. The molecule has 1 heterocycles. The fourth-order valence-electron chi connectivity index (χ4n) is 3.26. The number of benzene rings is 2. The lowest BCUT2D eigenvalue weighted by atomic mass is 10.1. The molecule has 1 aromatic heterocycles. The molecule has 0 bridgehead atoms. The van der Waals surface area contributed by atoms with E-state index in [0.717, 1.165) is 17.8 Å². The van der Waals surface area contributed by atoms with Crippen LogP contribution in [0, 0.1) is 5.82 Å². The second kappa shape index (κ2) is 8.61. The molecule has 0 spiro atoms. The van der Waals surface area contributed by atoms with Crippen molar-refractivity contribution in [3.05, 3.63) is 58.6 Å². The van der Waals surface area contributed by atoms with Gasteiger partial charge in [0.05, 0.1) is 30.3 Å². The van der Waals surface area contributed by atoms with E-state index in [4.69, 9.17) is 16.3 Å². The van der Waals surface area contributed by atoms with Gasteiger partial charge in [0.1, 0.15) is 17.4 Å². The highest BCUT2D eigenvalue weighted by atomic mass is 35.5. The lowest BCUT2D eigenvalue weighted by Gasteiger charge is -2.22. The van der Waals surface area contributed by atoms with E-state index in [0.29, 0.717) is 41.5 Å². The second-order valence-corrected chi connectivity index (χ2v) is 6.91. The van der Waals surface area contributed by atoms with Gasteiger partial charge < -0.3 is 14.2 Å². The highest BCUT2D eigenvalue weighted by Gasteiger charge is 2.22. The highest BCUT2D eigenvalue weighted by Crippen LogP contribution is 2.25. The molecule has 0 radical (unpaired) electrons. The zero-order chi connectivity index (χ0) is 20.3. The number of halogens is 2. The van der Waals surface area contributed by atoms with Crippen molar-refractivity contribution in [1.82, 2.24) is 14.5 Å². The number of hydrogen-bond donors (Lipinski definition) is 0. The monoisotopic (exact) mass is 403 g/mol. The first-order chi connectivity index (χ1) is 13.5. The van der Waals surface area contributed by atoms with Crippen molar-refractivity contribution >= 4 is 28.5 Å². The first kappa shape index (κ1) is 20.1. The minimum Gasteiger partial charge on any atom is -0.496 e. The van der Waals surface area contributed by atoms with E-state index < -0.39 is 0 Å². The number of aromatic nitrogens is 2. The zero-order valence-corrected chi connectivity index (χ0v) is 17.0. The van der Waals surface area contributed by atoms with Crippen molar-refractivity contribution in [2.24, 2.45) is 0 Å². The molecule has 1 amide bonds. The quantitative estimate of drug-likeness (QED) is 0.563. The van der Waals surface area contributed by atoms with E-state index in [1.54, 1.807) is 29.2 Å². The van der Waals surface area contributed by atoms with Crippen molar-refractivity contribution in [2.75, 3.05) is 13.7 Å². The Bertz CT molecular complexity index is 1000. The molecule has 0 aliphatic rings. The van der Waals surface area contributed by atoms with Crippen molar-refractivity contribution in [2.45, 2.75) is 33.4 Å². The minimum absolute atomic E-state index is 0.192. The summed E-state index contributed by atoms with van der Waals surface area (Å²) in [5.41, 5.74) is 1.86. The lowest BCUT2D eigenvalue weighted by molar-refractivity contribution is 0.0743. The molecule has 0 aliphatic carbocycles. The van der Waals surface area contributed by atoms with Crippen LogP contribution in [0.4, 0.5) is 4.39 Å². The van der Waals surface area contributed by atoms with Gasteiger partial charge in [-0.05, 0) is 49.7 Å². The van der Waals surface area contributed by atoms with Crippen LogP contribution in [0.25, 0.3) is 11.0 Å². The maximum absolute atomic E-state index is 13.7. The molecule has 0 saturated carbocycles. The van der Waals surface area contributed by atoms with E-state index >= 15 is 0 Å². The first-order valence-electron chi connectivity index (χ1n) is 9.26. The van der Waals surface area contributed by atoms with E-state index in [1.165, 1.54) is 19.2 Å².